The highest BCUT2D eigenvalue weighted by atomic mass is 35.5. The zero-order valence-corrected chi connectivity index (χ0v) is 16.1. The van der Waals surface area contributed by atoms with Gasteiger partial charge in [-0.2, -0.15) is 10.2 Å². The fraction of sp³-hybridized carbons (Fsp3) is 0.467. The molecule has 0 radical (unpaired) electrons. The highest BCUT2D eigenvalue weighted by molar-refractivity contribution is 6.76. The molecule has 0 N–H and O–H groups in total. The van der Waals surface area contributed by atoms with Gasteiger partial charge < -0.3 is 4.74 Å². The summed E-state index contributed by atoms with van der Waals surface area (Å²) in [6.07, 6.45) is 5.34. The van der Waals surface area contributed by atoms with E-state index in [9.17, 15) is 0 Å². The Labute approximate surface area is 146 Å². The number of hydrogen-bond acceptors (Lipinski definition) is 5. The molecule has 9 heteroatoms. The smallest absolute Gasteiger partial charge is 0.223 e. The zero-order valence-electron chi connectivity index (χ0n) is 14.3. The van der Waals surface area contributed by atoms with Crippen LogP contribution in [0.1, 0.15) is 0 Å². The van der Waals surface area contributed by atoms with Gasteiger partial charge in [-0.1, -0.05) is 19.6 Å². The summed E-state index contributed by atoms with van der Waals surface area (Å²) in [5.74, 6) is 0. The lowest BCUT2D eigenvalue weighted by Crippen LogP contribution is -2.22. The Morgan fingerprint density at radius 3 is 2.71 bits per heavy atom. The highest BCUT2D eigenvalue weighted by Crippen LogP contribution is 2.26. The summed E-state index contributed by atoms with van der Waals surface area (Å²) in [7, 11) is 0.756. The molecule has 3 aromatic rings. The average Bonchev–Trinajstić information content (AvgIpc) is 3.06. The monoisotopic (exact) mass is 364 g/mol. The molecule has 0 aliphatic carbocycles. The van der Waals surface area contributed by atoms with Crippen LogP contribution in [0.3, 0.4) is 0 Å². The topological polar surface area (TPSA) is 70.7 Å². The number of ether oxygens (including phenoxy) is 1. The van der Waals surface area contributed by atoms with E-state index in [0.29, 0.717) is 12.2 Å². The van der Waals surface area contributed by atoms with Crippen LogP contribution in [-0.4, -0.2) is 44.2 Å². The van der Waals surface area contributed by atoms with Crippen LogP contribution >= 0.6 is 11.6 Å². The van der Waals surface area contributed by atoms with Crippen molar-refractivity contribution in [3.63, 3.8) is 0 Å². The summed E-state index contributed by atoms with van der Waals surface area (Å²) in [4.78, 5) is 8.41. The Balaban J connectivity index is 1.88. The Morgan fingerprint density at radius 2 is 2.04 bits per heavy atom. The van der Waals surface area contributed by atoms with Crippen molar-refractivity contribution < 1.29 is 4.74 Å². The van der Waals surface area contributed by atoms with E-state index < -0.39 is 8.07 Å². The SMILES string of the molecule is Cn1cc(-c2nn(COCC[Si](C)(C)C)c3cnc(Cl)nc23)cn1. The number of aromatic nitrogens is 6. The predicted molar refractivity (Wildman–Crippen MR) is 96.6 cm³/mol. The molecule has 0 unspecified atom stereocenters. The average molecular weight is 365 g/mol. The Morgan fingerprint density at radius 1 is 1.25 bits per heavy atom. The first kappa shape index (κ1) is 17.1. The Bertz CT molecular complexity index is 853. The molecule has 0 fully saturated rings. The second-order valence-electron chi connectivity index (χ2n) is 6.97. The first-order valence-electron chi connectivity index (χ1n) is 7.79. The summed E-state index contributed by atoms with van der Waals surface area (Å²) in [5, 5.41) is 9.04. The lowest BCUT2D eigenvalue weighted by molar-refractivity contribution is 0.0818. The number of nitrogens with zero attached hydrogens (tertiary/aromatic N) is 6. The maximum Gasteiger partial charge on any atom is 0.223 e. The molecule has 3 aromatic heterocycles. The van der Waals surface area contributed by atoms with Crippen molar-refractivity contribution in [2.75, 3.05) is 6.61 Å². The summed E-state index contributed by atoms with van der Waals surface area (Å²) >= 11 is 5.96. The molecule has 0 amide bonds. The molecule has 0 atom stereocenters. The summed E-state index contributed by atoms with van der Waals surface area (Å²) in [6.45, 7) is 8.09. The van der Waals surface area contributed by atoms with Gasteiger partial charge in [-0.3, -0.25) is 4.68 Å². The van der Waals surface area contributed by atoms with Crippen LogP contribution < -0.4 is 0 Å². The molecule has 128 valence electrons. The van der Waals surface area contributed by atoms with Crippen LogP contribution in [0.5, 0.6) is 0 Å². The van der Waals surface area contributed by atoms with Crippen LogP contribution in [0.2, 0.25) is 31.0 Å². The van der Waals surface area contributed by atoms with E-state index in [1.165, 1.54) is 0 Å². The predicted octanol–water partition coefficient (Wildman–Crippen LogP) is 3.19. The maximum atomic E-state index is 5.96. The van der Waals surface area contributed by atoms with Crippen LogP contribution in [0.4, 0.5) is 0 Å². The van der Waals surface area contributed by atoms with Crippen LogP contribution in [0.25, 0.3) is 22.3 Å². The molecule has 7 nitrogen and oxygen atoms in total. The van der Waals surface area contributed by atoms with Gasteiger partial charge in [0.25, 0.3) is 0 Å². The van der Waals surface area contributed by atoms with Gasteiger partial charge in [-0.05, 0) is 17.6 Å². The Kier molecular flexibility index (Phi) is 4.70. The van der Waals surface area contributed by atoms with Crippen molar-refractivity contribution in [2.24, 2.45) is 7.05 Å². The largest absolute Gasteiger partial charge is 0.360 e. The molecule has 3 heterocycles. The Hall–Kier alpha value is -1.77. The molecule has 0 spiro atoms. The molecule has 0 saturated carbocycles. The number of halogens is 1. The second-order valence-corrected chi connectivity index (χ2v) is 12.9. The molecule has 24 heavy (non-hydrogen) atoms. The fourth-order valence-electron chi connectivity index (χ4n) is 2.30. The lowest BCUT2D eigenvalue weighted by atomic mass is 10.2. The van der Waals surface area contributed by atoms with E-state index in [-0.39, 0.29) is 5.28 Å². The zero-order chi connectivity index (χ0) is 17.3. The number of hydrogen-bond donors (Lipinski definition) is 0. The minimum Gasteiger partial charge on any atom is -0.360 e. The van der Waals surface area contributed by atoms with Crippen molar-refractivity contribution in [1.29, 1.82) is 0 Å². The van der Waals surface area contributed by atoms with Gasteiger partial charge in [0, 0.05) is 33.5 Å². The lowest BCUT2D eigenvalue weighted by Gasteiger charge is -2.15. The van der Waals surface area contributed by atoms with Crippen LogP contribution in [0, 0.1) is 0 Å². The molecule has 3 rings (SSSR count). The molecule has 0 bridgehead atoms. The first-order valence-corrected chi connectivity index (χ1v) is 11.9. The van der Waals surface area contributed by atoms with Gasteiger partial charge in [-0.15, -0.1) is 0 Å². The van der Waals surface area contributed by atoms with Crippen LogP contribution in [-0.2, 0) is 18.5 Å². The number of rotatable bonds is 6. The first-order chi connectivity index (χ1) is 11.3. The van der Waals surface area contributed by atoms with Gasteiger partial charge >= 0.3 is 0 Å². The summed E-state index contributed by atoms with van der Waals surface area (Å²) in [6, 6.07) is 1.12. The molecule has 0 aliphatic rings. The standard InChI is InChI=1S/C15H21ClN6OSi/c1-21-9-11(7-18-21)13-14-12(8-17-15(16)19-14)22(20-13)10-23-5-6-24(2,3)4/h7-9H,5-6,10H2,1-4H3. The van der Waals surface area contributed by atoms with Crippen molar-refractivity contribution in [1.82, 2.24) is 29.5 Å². The molecular formula is C15H21ClN6OSi. The quantitative estimate of drug-likeness (QED) is 0.381. The van der Waals surface area contributed by atoms with E-state index in [1.807, 2.05) is 13.2 Å². The van der Waals surface area contributed by atoms with Gasteiger partial charge in [0.15, 0.2) is 0 Å². The minimum absolute atomic E-state index is 0.201. The minimum atomic E-state index is -1.11. The fourth-order valence-corrected chi connectivity index (χ4v) is 3.19. The van der Waals surface area contributed by atoms with Crippen LogP contribution in [0.15, 0.2) is 18.6 Å². The van der Waals surface area contributed by atoms with Crippen molar-refractivity contribution >= 4 is 30.7 Å². The summed E-state index contributed by atoms with van der Waals surface area (Å²) in [5.41, 5.74) is 3.12. The van der Waals surface area contributed by atoms with E-state index in [2.05, 4.69) is 39.8 Å². The van der Waals surface area contributed by atoms with Crippen molar-refractivity contribution in [3.05, 3.63) is 23.9 Å². The molecular weight excluding hydrogens is 344 g/mol. The van der Waals surface area contributed by atoms with E-state index in [1.54, 1.807) is 21.8 Å². The third-order valence-corrected chi connectivity index (χ3v) is 5.54. The molecule has 0 aromatic carbocycles. The van der Waals surface area contributed by atoms with Crippen molar-refractivity contribution in [2.45, 2.75) is 32.4 Å². The third-order valence-electron chi connectivity index (χ3n) is 3.65. The van der Waals surface area contributed by atoms with E-state index in [0.717, 1.165) is 29.4 Å². The molecule has 0 aliphatic heterocycles. The molecule has 0 saturated heterocycles. The van der Waals surface area contributed by atoms with Crippen molar-refractivity contribution in [3.8, 4) is 11.3 Å². The summed E-state index contributed by atoms with van der Waals surface area (Å²) < 4.78 is 9.32. The van der Waals surface area contributed by atoms with Gasteiger partial charge in [-0.25, -0.2) is 14.6 Å². The second kappa shape index (κ2) is 6.62. The third kappa shape index (κ3) is 3.82. The van der Waals surface area contributed by atoms with Gasteiger partial charge in [0.1, 0.15) is 23.5 Å². The van der Waals surface area contributed by atoms with E-state index in [4.69, 9.17) is 16.3 Å². The van der Waals surface area contributed by atoms with Gasteiger partial charge in [0.2, 0.25) is 5.28 Å². The number of aryl methyl sites for hydroxylation is 1. The van der Waals surface area contributed by atoms with E-state index >= 15 is 0 Å². The number of fused-ring (bicyclic) bond motifs is 1. The van der Waals surface area contributed by atoms with Gasteiger partial charge in [0.05, 0.1) is 12.4 Å². The highest BCUT2D eigenvalue weighted by Gasteiger charge is 2.17. The normalized spacial score (nSPS) is 12.2. The maximum absolute atomic E-state index is 5.96.